The van der Waals surface area contributed by atoms with Gasteiger partial charge in [0, 0.05) is 49.9 Å². The molecule has 5 nitrogen and oxygen atoms in total. The van der Waals surface area contributed by atoms with Crippen LogP contribution in [0.2, 0.25) is 5.02 Å². The van der Waals surface area contributed by atoms with E-state index in [0.29, 0.717) is 11.6 Å². The van der Waals surface area contributed by atoms with Crippen LogP contribution in [0.3, 0.4) is 0 Å². The van der Waals surface area contributed by atoms with Gasteiger partial charge in [-0.05, 0) is 35.9 Å². The summed E-state index contributed by atoms with van der Waals surface area (Å²) in [6, 6.07) is 11.3. The molecule has 0 unspecified atom stereocenters. The summed E-state index contributed by atoms with van der Waals surface area (Å²) in [5, 5.41) is 0.678. The molecule has 0 aromatic heterocycles. The Hall–Kier alpha value is -1.74. The van der Waals surface area contributed by atoms with Crippen LogP contribution in [0.25, 0.3) is 0 Å². The number of methoxy groups -OCH3 is 1. The molecule has 0 saturated carbocycles. The number of piperazine rings is 1. The van der Waals surface area contributed by atoms with Gasteiger partial charge in [-0.3, -0.25) is 9.80 Å². The van der Waals surface area contributed by atoms with E-state index in [1.165, 1.54) is 12.1 Å². The van der Waals surface area contributed by atoms with Crippen molar-refractivity contribution in [2.75, 3.05) is 33.3 Å². The third-order valence-electron chi connectivity index (χ3n) is 4.99. The van der Waals surface area contributed by atoms with E-state index < -0.39 is 15.6 Å². The van der Waals surface area contributed by atoms with Gasteiger partial charge in [0.2, 0.25) is 9.84 Å². The smallest absolute Gasteiger partial charge is 0.341 e. The summed E-state index contributed by atoms with van der Waals surface area (Å²) in [6.45, 7) is 4.82. The summed E-state index contributed by atoms with van der Waals surface area (Å²) < 4.78 is 53.6. The lowest BCUT2D eigenvalue weighted by Gasteiger charge is -2.35. The molecule has 0 bridgehead atoms. The normalized spacial score (nSPS) is 16.3. The lowest BCUT2D eigenvalue weighted by Crippen LogP contribution is -2.45. The number of rotatable bonds is 7. The molecule has 1 aliphatic rings. The van der Waals surface area contributed by atoms with Gasteiger partial charge in [0.05, 0.1) is 12.0 Å². The maximum absolute atomic E-state index is 12.6. The van der Waals surface area contributed by atoms with Gasteiger partial charge in [-0.25, -0.2) is 8.42 Å². The third kappa shape index (κ3) is 5.45. The van der Waals surface area contributed by atoms with Crippen LogP contribution in [-0.4, -0.2) is 57.3 Å². The number of hydrogen-bond donors (Lipinski definition) is 0. The first-order valence-corrected chi connectivity index (χ1v) is 11.1. The zero-order chi connectivity index (χ0) is 21.0. The fourth-order valence-electron chi connectivity index (χ4n) is 3.36. The van der Waals surface area contributed by atoms with Crippen LogP contribution in [-0.2, 0) is 22.9 Å². The quantitative estimate of drug-likeness (QED) is 0.652. The highest BCUT2D eigenvalue weighted by atomic mass is 35.5. The molecule has 3 rings (SSSR count). The Morgan fingerprint density at radius 2 is 1.59 bits per heavy atom. The highest BCUT2D eigenvalue weighted by Gasteiger charge is 2.26. The molecule has 0 N–H and O–H groups in total. The molecule has 1 fully saturated rings. The molecule has 1 aliphatic heterocycles. The minimum atomic E-state index is -4.55. The molecule has 0 atom stereocenters. The van der Waals surface area contributed by atoms with Crippen LogP contribution in [0.4, 0.5) is 8.78 Å². The van der Waals surface area contributed by atoms with E-state index in [9.17, 15) is 17.2 Å². The Kier molecular flexibility index (Phi) is 7.10. The molecule has 2 aromatic rings. The van der Waals surface area contributed by atoms with Crippen LogP contribution < -0.4 is 4.74 Å². The van der Waals surface area contributed by atoms with Gasteiger partial charge < -0.3 is 4.74 Å². The Balaban J connectivity index is 1.54. The van der Waals surface area contributed by atoms with Crippen molar-refractivity contribution in [3.05, 3.63) is 58.6 Å². The zero-order valence-electron chi connectivity index (χ0n) is 16.0. The average Bonchev–Trinajstić information content (AvgIpc) is 2.70. The topological polar surface area (TPSA) is 49.9 Å². The van der Waals surface area contributed by atoms with Crippen molar-refractivity contribution in [2.45, 2.75) is 23.7 Å². The molecule has 2 aromatic carbocycles. The van der Waals surface area contributed by atoms with E-state index in [1.54, 1.807) is 25.3 Å². The van der Waals surface area contributed by atoms with Crippen LogP contribution in [0.1, 0.15) is 11.1 Å². The molecular formula is C20H23ClF2N2O3S. The number of sulfone groups is 1. The molecular weight excluding hydrogens is 422 g/mol. The zero-order valence-corrected chi connectivity index (χ0v) is 17.6. The van der Waals surface area contributed by atoms with E-state index in [4.69, 9.17) is 16.3 Å². The Labute approximate surface area is 174 Å². The summed E-state index contributed by atoms with van der Waals surface area (Å²) in [4.78, 5) is 4.22. The lowest BCUT2D eigenvalue weighted by molar-refractivity contribution is 0.121. The van der Waals surface area contributed by atoms with Gasteiger partial charge in [-0.15, -0.1) is 0 Å². The summed E-state index contributed by atoms with van der Waals surface area (Å²) in [7, 11) is -2.90. The largest absolute Gasteiger partial charge is 0.496 e. The van der Waals surface area contributed by atoms with E-state index in [0.717, 1.165) is 49.6 Å². The first-order chi connectivity index (χ1) is 13.8. The molecule has 29 heavy (non-hydrogen) atoms. The van der Waals surface area contributed by atoms with Gasteiger partial charge in [-0.2, -0.15) is 8.78 Å². The maximum atomic E-state index is 12.6. The van der Waals surface area contributed by atoms with Crippen molar-refractivity contribution in [3.63, 3.8) is 0 Å². The molecule has 0 spiro atoms. The van der Waals surface area contributed by atoms with Crippen LogP contribution in [0.5, 0.6) is 5.75 Å². The van der Waals surface area contributed by atoms with Gasteiger partial charge in [0.1, 0.15) is 5.75 Å². The first kappa shape index (κ1) is 22.0. The maximum Gasteiger partial charge on any atom is 0.341 e. The van der Waals surface area contributed by atoms with Gasteiger partial charge >= 0.3 is 5.76 Å². The molecule has 1 saturated heterocycles. The lowest BCUT2D eigenvalue weighted by atomic mass is 10.1. The molecule has 1 heterocycles. The SMILES string of the molecule is COc1ccc(Cl)cc1CN1CCN(Cc2ccc(S(=O)(=O)C(F)F)cc2)CC1. The van der Waals surface area contributed by atoms with Crippen molar-refractivity contribution in [2.24, 2.45) is 0 Å². The van der Waals surface area contributed by atoms with Crippen molar-refractivity contribution >= 4 is 21.4 Å². The van der Waals surface area contributed by atoms with Crippen molar-refractivity contribution < 1.29 is 21.9 Å². The molecule has 9 heteroatoms. The summed E-state index contributed by atoms with van der Waals surface area (Å²) in [5.41, 5.74) is 1.94. The minimum absolute atomic E-state index is 0.350. The Morgan fingerprint density at radius 3 is 2.14 bits per heavy atom. The van der Waals surface area contributed by atoms with Crippen LogP contribution in [0, 0.1) is 0 Å². The fourth-order valence-corrected chi connectivity index (χ4v) is 4.28. The molecule has 158 valence electrons. The van der Waals surface area contributed by atoms with Gasteiger partial charge in [0.15, 0.2) is 0 Å². The molecule has 0 amide bonds. The van der Waals surface area contributed by atoms with Crippen molar-refractivity contribution in [1.82, 2.24) is 9.80 Å². The fraction of sp³-hybridized carbons (Fsp3) is 0.400. The summed E-state index contributed by atoms with van der Waals surface area (Å²) in [6.07, 6.45) is 0. The van der Waals surface area contributed by atoms with Crippen molar-refractivity contribution in [3.8, 4) is 5.75 Å². The second-order valence-corrected chi connectivity index (χ2v) is 9.31. The molecule has 0 radical (unpaired) electrons. The monoisotopic (exact) mass is 444 g/mol. The second-order valence-electron chi connectivity index (χ2n) is 6.96. The van der Waals surface area contributed by atoms with E-state index in [-0.39, 0.29) is 4.90 Å². The predicted molar refractivity (Wildman–Crippen MR) is 108 cm³/mol. The summed E-state index contributed by atoms with van der Waals surface area (Å²) >= 11 is 6.10. The predicted octanol–water partition coefficient (Wildman–Crippen LogP) is 3.66. The molecule has 0 aliphatic carbocycles. The average molecular weight is 445 g/mol. The van der Waals surface area contributed by atoms with Crippen molar-refractivity contribution in [1.29, 1.82) is 0 Å². The van der Waals surface area contributed by atoms with E-state index in [1.807, 2.05) is 12.1 Å². The third-order valence-corrected chi connectivity index (χ3v) is 6.63. The second kappa shape index (κ2) is 9.38. The highest BCUT2D eigenvalue weighted by Crippen LogP contribution is 2.25. The van der Waals surface area contributed by atoms with Crippen LogP contribution in [0.15, 0.2) is 47.4 Å². The number of ether oxygens (including phenoxy) is 1. The number of benzene rings is 2. The van der Waals surface area contributed by atoms with Gasteiger partial charge in [0.25, 0.3) is 0 Å². The number of hydrogen-bond acceptors (Lipinski definition) is 5. The van der Waals surface area contributed by atoms with Gasteiger partial charge in [-0.1, -0.05) is 23.7 Å². The standard InChI is InChI=1S/C20H23ClF2N2O3S/c1-28-19-7-4-17(21)12-16(19)14-25-10-8-24(9-11-25)13-15-2-5-18(6-3-15)29(26,27)20(22)23/h2-7,12,20H,8-11,13-14H2,1H3. The van der Waals surface area contributed by atoms with E-state index >= 15 is 0 Å². The highest BCUT2D eigenvalue weighted by molar-refractivity contribution is 7.91. The summed E-state index contributed by atoms with van der Waals surface area (Å²) in [5.74, 6) is -2.59. The number of halogens is 3. The number of nitrogens with zero attached hydrogens (tertiary/aromatic N) is 2. The minimum Gasteiger partial charge on any atom is -0.496 e. The first-order valence-electron chi connectivity index (χ1n) is 9.17. The number of alkyl halides is 2. The van der Waals surface area contributed by atoms with Crippen LogP contribution >= 0.6 is 11.6 Å². The Bertz CT molecular complexity index is 931. The van der Waals surface area contributed by atoms with E-state index in [2.05, 4.69) is 9.80 Å². The Morgan fingerprint density at radius 1 is 1.00 bits per heavy atom.